The van der Waals surface area contributed by atoms with E-state index in [0.29, 0.717) is 10.8 Å². The lowest BCUT2D eigenvalue weighted by molar-refractivity contribution is -0.0498. The Labute approximate surface area is 118 Å². The van der Waals surface area contributed by atoms with E-state index < -0.39 is 12.5 Å². The van der Waals surface area contributed by atoms with Crippen molar-refractivity contribution in [1.29, 1.82) is 0 Å². The fourth-order valence-corrected chi connectivity index (χ4v) is 1.56. The third kappa shape index (κ3) is 3.89. The van der Waals surface area contributed by atoms with Crippen LogP contribution in [0.1, 0.15) is 10.4 Å². The maximum atomic E-state index is 12.1. The van der Waals surface area contributed by atoms with Crippen molar-refractivity contribution in [1.82, 2.24) is 4.98 Å². The molecule has 0 fully saturated rings. The number of carbonyl (C=O) groups excluding carboxylic acids is 1. The van der Waals surface area contributed by atoms with Gasteiger partial charge in [-0.15, -0.1) is 0 Å². The van der Waals surface area contributed by atoms with Crippen molar-refractivity contribution in [3.05, 3.63) is 53.2 Å². The molecule has 2 aromatic rings. The van der Waals surface area contributed by atoms with Gasteiger partial charge in [-0.1, -0.05) is 17.7 Å². The highest BCUT2D eigenvalue weighted by molar-refractivity contribution is 6.30. The number of rotatable bonds is 4. The average Bonchev–Trinajstić information content (AvgIpc) is 2.41. The Morgan fingerprint density at radius 1 is 1.30 bits per heavy atom. The van der Waals surface area contributed by atoms with Gasteiger partial charge in [-0.3, -0.25) is 4.79 Å². The second kappa shape index (κ2) is 6.29. The van der Waals surface area contributed by atoms with Crippen molar-refractivity contribution in [2.24, 2.45) is 0 Å². The molecule has 0 aliphatic rings. The molecule has 0 aliphatic heterocycles. The number of benzene rings is 1. The molecule has 1 N–H and O–H groups in total. The molecular formula is C13H9ClF2N2O2. The molecule has 20 heavy (non-hydrogen) atoms. The Bertz CT molecular complexity index is 606. The van der Waals surface area contributed by atoms with E-state index in [1.165, 1.54) is 36.5 Å². The lowest BCUT2D eigenvalue weighted by Crippen LogP contribution is -2.13. The third-order valence-electron chi connectivity index (χ3n) is 2.29. The molecule has 0 bridgehead atoms. The lowest BCUT2D eigenvalue weighted by atomic mass is 10.2. The summed E-state index contributed by atoms with van der Waals surface area (Å²) >= 11 is 5.67. The van der Waals surface area contributed by atoms with Crippen LogP contribution in [-0.2, 0) is 0 Å². The van der Waals surface area contributed by atoms with Crippen molar-refractivity contribution in [2.45, 2.75) is 6.61 Å². The summed E-state index contributed by atoms with van der Waals surface area (Å²) in [5.41, 5.74) is 0.180. The standard InChI is InChI=1S/C13H9ClF2N2O2/c14-9-4-5-11(17-7-9)18-12(19)8-2-1-3-10(6-8)20-13(15)16/h1-7,13H,(H,17,18,19). The van der Waals surface area contributed by atoms with Gasteiger partial charge in [-0.25, -0.2) is 4.98 Å². The van der Waals surface area contributed by atoms with E-state index in [4.69, 9.17) is 11.6 Å². The fourth-order valence-electron chi connectivity index (χ4n) is 1.45. The maximum absolute atomic E-state index is 12.1. The summed E-state index contributed by atoms with van der Waals surface area (Å²) in [6, 6.07) is 8.58. The summed E-state index contributed by atoms with van der Waals surface area (Å²) in [6.07, 6.45) is 1.38. The van der Waals surface area contributed by atoms with Crippen LogP contribution in [0.5, 0.6) is 5.75 Å². The van der Waals surface area contributed by atoms with Gasteiger partial charge in [0.1, 0.15) is 11.6 Å². The number of carbonyl (C=O) groups is 1. The summed E-state index contributed by atoms with van der Waals surface area (Å²) < 4.78 is 28.4. The van der Waals surface area contributed by atoms with E-state index in [0.717, 1.165) is 0 Å². The highest BCUT2D eigenvalue weighted by Crippen LogP contribution is 2.17. The van der Waals surface area contributed by atoms with Gasteiger partial charge in [-0.05, 0) is 30.3 Å². The topological polar surface area (TPSA) is 51.2 Å². The number of alkyl halides is 2. The Balaban J connectivity index is 2.10. The minimum Gasteiger partial charge on any atom is -0.435 e. The SMILES string of the molecule is O=C(Nc1ccc(Cl)cn1)c1cccc(OC(F)F)c1. The lowest BCUT2D eigenvalue weighted by Gasteiger charge is -2.07. The summed E-state index contributed by atoms with van der Waals surface area (Å²) in [7, 11) is 0. The summed E-state index contributed by atoms with van der Waals surface area (Å²) in [5.74, 6) is -0.268. The molecule has 0 unspecified atom stereocenters. The van der Waals surface area contributed by atoms with Gasteiger partial charge in [0.05, 0.1) is 5.02 Å². The van der Waals surface area contributed by atoms with Crippen LogP contribution in [0.4, 0.5) is 14.6 Å². The minimum absolute atomic E-state index is 0.0864. The first-order valence-corrected chi connectivity index (χ1v) is 5.90. The molecule has 0 saturated carbocycles. The predicted octanol–water partition coefficient (Wildman–Crippen LogP) is 3.59. The number of nitrogens with zero attached hydrogens (tertiary/aromatic N) is 1. The normalized spacial score (nSPS) is 10.4. The van der Waals surface area contributed by atoms with E-state index in [-0.39, 0.29) is 11.3 Å². The number of nitrogens with one attached hydrogen (secondary N) is 1. The van der Waals surface area contributed by atoms with Crippen molar-refractivity contribution < 1.29 is 18.3 Å². The molecule has 1 heterocycles. The van der Waals surface area contributed by atoms with Crippen molar-refractivity contribution >= 4 is 23.3 Å². The van der Waals surface area contributed by atoms with Gasteiger partial charge in [0.25, 0.3) is 5.91 Å². The fraction of sp³-hybridized carbons (Fsp3) is 0.0769. The van der Waals surface area contributed by atoms with E-state index >= 15 is 0 Å². The van der Waals surface area contributed by atoms with Crippen LogP contribution in [0.15, 0.2) is 42.6 Å². The minimum atomic E-state index is -2.94. The van der Waals surface area contributed by atoms with Gasteiger partial charge in [0, 0.05) is 11.8 Å². The first kappa shape index (κ1) is 14.2. The zero-order chi connectivity index (χ0) is 14.5. The van der Waals surface area contributed by atoms with Gasteiger partial charge in [0.15, 0.2) is 0 Å². The molecule has 7 heteroatoms. The second-order valence-electron chi connectivity index (χ2n) is 3.72. The number of aromatic nitrogens is 1. The quantitative estimate of drug-likeness (QED) is 0.938. The Morgan fingerprint density at radius 2 is 2.10 bits per heavy atom. The Kier molecular flexibility index (Phi) is 4.47. The molecule has 0 saturated heterocycles. The van der Waals surface area contributed by atoms with Gasteiger partial charge in [-0.2, -0.15) is 8.78 Å². The van der Waals surface area contributed by atoms with Crippen LogP contribution in [0, 0.1) is 0 Å². The molecule has 104 valence electrons. The van der Waals surface area contributed by atoms with E-state index in [9.17, 15) is 13.6 Å². The molecule has 0 radical (unpaired) electrons. The van der Waals surface area contributed by atoms with Gasteiger partial charge < -0.3 is 10.1 Å². The van der Waals surface area contributed by atoms with Crippen molar-refractivity contribution in [3.63, 3.8) is 0 Å². The summed E-state index contributed by atoms with van der Waals surface area (Å²) in [6.45, 7) is -2.94. The van der Waals surface area contributed by atoms with Crippen LogP contribution in [-0.4, -0.2) is 17.5 Å². The van der Waals surface area contributed by atoms with Crippen LogP contribution >= 0.6 is 11.6 Å². The predicted molar refractivity (Wildman–Crippen MR) is 70.3 cm³/mol. The Morgan fingerprint density at radius 3 is 2.75 bits per heavy atom. The van der Waals surface area contributed by atoms with Crippen molar-refractivity contribution in [2.75, 3.05) is 5.32 Å². The van der Waals surface area contributed by atoms with Crippen LogP contribution in [0.3, 0.4) is 0 Å². The third-order valence-corrected chi connectivity index (χ3v) is 2.51. The second-order valence-corrected chi connectivity index (χ2v) is 4.16. The Hall–Kier alpha value is -2.21. The first-order chi connectivity index (χ1) is 9.54. The summed E-state index contributed by atoms with van der Waals surface area (Å²) in [4.78, 5) is 15.8. The van der Waals surface area contributed by atoms with Crippen LogP contribution in [0.2, 0.25) is 5.02 Å². The number of amides is 1. The highest BCUT2D eigenvalue weighted by Gasteiger charge is 2.10. The van der Waals surface area contributed by atoms with Crippen LogP contribution < -0.4 is 10.1 Å². The average molecular weight is 299 g/mol. The van der Waals surface area contributed by atoms with E-state index in [2.05, 4.69) is 15.0 Å². The number of ether oxygens (including phenoxy) is 1. The highest BCUT2D eigenvalue weighted by atomic mass is 35.5. The van der Waals surface area contributed by atoms with Gasteiger partial charge in [0.2, 0.25) is 0 Å². The summed E-state index contributed by atoms with van der Waals surface area (Å²) in [5, 5.41) is 2.95. The zero-order valence-electron chi connectivity index (χ0n) is 10.0. The zero-order valence-corrected chi connectivity index (χ0v) is 10.8. The largest absolute Gasteiger partial charge is 0.435 e. The number of hydrogen-bond acceptors (Lipinski definition) is 3. The maximum Gasteiger partial charge on any atom is 0.387 e. The van der Waals surface area contributed by atoms with Crippen molar-refractivity contribution in [3.8, 4) is 5.75 Å². The molecule has 4 nitrogen and oxygen atoms in total. The number of halogens is 3. The monoisotopic (exact) mass is 298 g/mol. The van der Waals surface area contributed by atoms with Gasteiger partial charge >= 0.3 is 6.61 Å². The smallest absolute Gasteiger partial charge is 0.387 e. The van der Waals surface area contributed by atoms with E-state index in [1.54, 1.807) is 6.07 Å². The molecular weight excluding hydrogens is 290 g/mol. The first-order valence-electron chi connectivity index (χ1n) is 5.52. The molecule has 0 spiro atoms. The molecule has 0 atom stereocenters. The molecule has 0 aliphatic carbocycles. The van der Waals surface area contributed by atoms with E-state index in [1.807, 2.05) is 0 Å². The molecule has 1 amide bonds. The number of anilines is 1. The number of hydrogen-bond donors (Lipinski definition) is 1. The molecule has 1 aromatic carbocycles. The van der Waals surface area contributed by atoms with Crippen LogP contribution in [0.25, 0.3) is 0 Å². The number of pyridine rings is 1. The molecule has 2 rings (SSSR count). The molecule has 1 aromatic heterocycles.